The van der Waals surface area contributed by atoms with E-state index in [4.69, 9.17) is 27.2 Å². The molecule has 39 heavy (non-hydrogen) atoms. The fourth-order valence-corrected chi connectivity index (χ4v) is 4.78. The third-order valence-electron chi connectivity index (χ3n) is 6.83. The van der Waals surface area contributed by atoms with Crippen LogP contribution in [0.25, 0.3) is 28.0 Å². The summed E-state index contributed by atoms with van der Waals surface area (Å²) < 4.78 is 8.79. The second kappa shape index (κ2) is 9.37. The second-order valence-electron chi connectivity index (χ2n) is 9.92. The van der Waals surface area contributed by atoms with E-state index in [1.807, 2.05) is 43.3 Å². The highest BCUT2D eigenvalue weighted by molar-refractivity contribution is 6.34. The lowest BCUT2D eigenvalue weighted by Crippen LogP contribution is -2.44. The summed E-state index contributed by atoms with van der Waals surface area (Å²) in [5, 5.41) is 16.1. The van der Waals surface area contributed by atoms with Gasteiger partial charge in [0.2, 0.25) is 0 Å². The van der Waals surface area contributed by atoms with Gasteiger partial charge in [-0.3, -0.25) is 5.32 Å². The Morgan fingerprint density at radius 1 is 1.08 bits per heavy atom. The number of urea groups is 1. The number of nitrogen functional groups attached to an aromatic ring is 1. The number of nitrogens with zero attached hydrogens (tertiary/aromatic N) is 6. The Morgan fingerprint density at radius 2 is 1.85 bits per heavy atom. The molecule has 3 aromatic heterocycles. The van der Waals surface area contributed by atoms with E-state index in [0.717, 1.165) is 22.5 Å². The predicted octanol–water partition coefficient (Wildman–Crippen LogP) is 4.69. The number of hydrogen-bond donors (Lipinski definition) is 3. The monoisotopic (exact) mass is 543 g/mol. The Kier molecular flexibility index (Phi) is 5.96. The number of amides is 2. The molecule has 1 aliphatic rings. The highest BCUT2D eigenvalue weighted by Gasteiger charge is 2.38. The summed E-state index contributed by atoms with van der Waals surface area (Å²) in [5.41, 5.74) is 11.1. The van der Waals surface area contributed by atoms with Crippen molar-refractivity contribution in [3.8, 4) is 16.9 Å². The minimum absolute atomic E-state index is 0.202. The van der Waals surface area contributed by atoms with Crippen molar-refractivity contribution in [1.82, 2.24) is 29.5 Å². The fraction of sp³-hybridized carbons (Fsp3) is 0.222. The molecule has 12 heteroatoms. The molecule has 198 valence electrons. The minimum atomic E-state index is -0.458. The SMILES string of the molecule is Cc1ccc(-n2nc(C3(C)COC3)cc2NC(=O)Nc2ccc(-c3nn(C)c4ncnc(N)c34)cc2Cl)cc1. The highest BCUT2D eigenvalue weighted by Crippen LogP contribution is 2.35. The molecule has 11 nitrogen and oxygen atoms in total. The maximum atomic E-state index is 13.1. The summed E-state index contributed by atoms with van der Waals surface area (Å²) in [6.07, 6.45) is 1.40. The number of hydrogen-bond acceptors (Lipinski definition) is 7. The molecule has 1 aliphatic heterocycles. The average Bonchev–Trinajstić information content (AvgIpc) is 3.46. The smallest absolute Gasteiger partial charge is 0.324 e. The summed E-state index contributed by atoms with van der Waals surface area (Å²) >= 11 is 6.59. The van der Waals surface area contributed by atoms with E-state index in [2.05, 4.69) is 32.6 Å². The molecule has 1 saturated heterocycles. The lowest BCUT2D eigenvalue weighted by atomic mass is 9.85. The molecule has 4 N–H and O–H groups in total. The van der Waals surface area contributed by atoms with Crippen LogP contribution in [0.1, 0.15) is 18.2 Å². The summed E-state index contributed by atoms with van der Waals surface area (Å²) in [4.78, 5) is 21.4. The van der Waals surface area contributed by atoms with Crippen LogP contribution in [-0.2, 0) is 17.2 Å². The maximum absolute atomic E-state index is 13.1. The number of aryl methyl sites for hydroxylation is 2. The zero-order valence-corrected chi connectivity index (χ0v) is 22.3. The van der Waals surface area contributed by atoms with Crippen LogP contribution in [0.5, 0.6) is 0 Å². The van der Waals surface area contributed by atoms with Gasteiger partial charge in [0.25, 0.3) is 0 Å². The molecular formula is C27H26ClN9O2. The van der Waals surface area contributed by atoms with Crippen LogP contribution in [0.4, 0.5) is 22.1 Å². The molecule has 2 aromatic carbocycles. The van der Waals surface area contributed by atoms with Crippen molar-refractivity contribution < 1.29 is 9.53 Å². The van der Waals surface area contributed by atoms with Crippen molar-refractivity contribution in [2.75, 3.05) is 29.6 Å². The Hall–Kier alpha value is -4.48. The maximum Gasteiger partial charge on any atom is 0.324 e. The van der Waals surface area contributed by atoms with E-state index in [1.54, 1.807) is 28.5 Å². The first-order valence-electron chi connectivity index (χ1n) is 12.3. The second-order valence-corrected chi connectivity index (χ2v) is 10.3. The molecule has 1 fully saturated rings. The first-order valence-corrected chi connectivity index (χ1v) is 12.7. The molecule has 4 heterocycles. The molecule has 0 spiro atoms. The number of nitrogens with one attached hydrogen (secondary N) is 2. The van der Waals surface area contributed by atoms with Gasteiger partial charge < -0.3 is 15.8 Å². The van der Waals surface area contributed by atoms with Gasteiger partial charge in [-0.25, -0.2) is 24.1 Å². The Balaban J connectivity index is 1.26. The number of fused-ring (bicyclic) bond motifs is 1. The number of rotatable bonds is 5. The largest absolute Gasteiger partial charge is 0.383 e. The van der Waals surface area contributed by atoms with E-state index >= 15 is 0 Å². The van der Waals surface area contributed by atoms with E-state index in [0.29, 0.717) is 52.3 Å². The van der Waals surface area contributed by atoms with Crippen molar-refractivity contribution >= 4 is 46.0 Å². The summed E-state index contributed by atoms with van der Waals surface area (Å²) in [6, 6.07) is 14.6. The highest BCUT2D eigenvalue weighted by atomic mass is 35.5. The van der Waals surface area contributed by atoms with Gasteiger partial charge in [-0.1, -0.05) is 35.4 Å². The molecule has 0 aliphatic carbocycles. The Labute approximate surface area is 229 Å². The topological polar surface area (TPSA) is 138 Å². The zero-order chi connectivity index (χ0) is 27.3. The van der Waals surface area contributed by atoms with Gasteiger partial charge in [-0.05, 0) is 38.1 Å². The van der Waals surface area contributed by atoms with Crippen LogP contribution in [0.2, 0.25) is 5.02 Å². The number of carbonyl (C=O) groups is 1. The van der Waals surface area contributed by atoms with Gasteiger partial charge in [-0.15, -0.1) is 0 Å². The fourth-order valence-electron chi connectivity index (χ4n) is 4.55. The first kappa shape index (κ1) is 24.8. The Morgan fingerprint density at radius 3 is 2.54 bits per heavy atom. The molecule has 0 atom stereocenters. The van der Waals surface area contributed by atoms with Crippen molar-refractivity contribution in [3.05, 3.63) is 71.1 Å². The molecule has 0 saturated carbocycles. The summed E-state index contributed by atoms with van der Waals surface area (Å²) in [5.74, 6) is 0.857. The van der Waals surface area contributed by atoms with Gasteiger partial charge in [0.1, 0.15) is 23.7 Å². The van der Waals surface area contributed by atoms with Crippen LogP contribution in [-0.4, -0.2) is 48.8 Å². The summed E-state index contributed by atoms with van der Waals surface area (Å²) in [6.45, 7) is 5.27. The number of carbonyl (C=O) groups excluding carboxylic acids is 1. The van der Waals surface area contributed by atoms with Crippen molar-refractivity contribution in [1.29, 1.82) is 0 Å². The predicted molar refractivity (Wildman–Crippen MR) is 150 cm³/mol. The van der Waals surface area contributed by atoms with Gasteiger partial charge in [0.05, 0.1) is 46.1 Å². The quantitative estimate of drug-likeness (QED) is 0.292. The van der Waals surface area contributed by atoms with E-state index in [1.165, 1.54) is 6.33 Å². The van der Waals surface area contributed by atoms with Crippen LogP contribution in [0.15, 0.2) is 54.9 Å². The molecular weight excluding hydrogens is 518 g/mol. The first-order chi connectivity index (χ1) is 18.7. The van der Waals surface area contributed by atoms with E-state index < -0.39 is 6.03 Å². The minimum Gasteiger partial charge on any atom is -0.383 e. The number of benzene rings is 2. The standard InChI is InChI=1S/C27H26ClN9O2/c1-15-4-7-17(8-5-15)37-21(11-20(34-37)27(2)12-39-13-27)33-26(38)32-19-9-6-16(10-18(19)28)23-22-24(29)30-14-31-25(22)36(3)35-23/h4-11,14H,12-13H2,1-3H3,(H2,29,30,31)(H2,32,33,38). The van der Waals surface area contributed by atoms with Crippen LogP contribution in [0, 0.1) is 6.92 Å². The van der Waals surface area contributed by atoms with Gasteiger partial charge >= 0.3 is 6.03 Å². The van der Waals surface area contributed by atoms with E-state index in [-0.39, 0.29) is 5.41 Å². The third-order valence-corrected chi connectivity index (χ3v) is 7.14. The van der Waals surface area contributed by atoms with Crippen LogP contribution < -0.4 is 16.4 Å². The van der Waals surface area contributed by atoms with Gasteiger partial charge in [-0.2, -0.15) is 10.2 Å². The molecule has 0 unspecified atom stereocenters. The van der Waals surface area contributed by atoms with Crippen LogP contribution in [0.3, 0.4) is 0 Å². The molecule has 5 aromatic rings. The lowest BCUT2D eigenvalue weighted by molar-refractivity contribution is -0.0522. The van der Waals surface area contributed by atoms with Gasteiger partial charge in [0.15, 0.2) is 5.65 Å². The number of nitrogens with two attached hydrogens (primary N) is 1. The normalized spacial score (nSPS) is 14.3. The van der Waals surface area contributed by atoms with Crippen LogP contribution >= 0.6 is 11.6 Å². The van der Waals surface area contributed by atoms with Crippen molar-refractivity contribution in [2.24, 2.45) is 7.05 Å². The molecule has 0 bridgehead atoms. The van der Waals surface area contributed by atoms with Gasteiger partial charge in [0, 0.05) is 18.7 Å². The molecule has 0 radical (unpaired) electrons. The molecule has 6 rings (SSSR count). The van der Waals surface area contributed by atoms with Crippen molar-refractivity contribution in [3.63, 3.8) is 0 Å². The summed E-state index contributed by atoms with van der Waals surface area (Å²) in [7, 11) is 1.78. The number of halogens is 1. The van der Waals surface area contributed by atoms with Crippen molar-refractivity contribution in [2.45, 2.75) is 19.3 Å². The Bertz CT molecular complexity index is 1720. The zero-order valence-electron chi connectivity index (χ0n) is 21.6. The molecule has 2 amide bonds. The number of anilines is 3. The third kappa shape index (κ3) is 4.45. The number of ether oxygens (including phenoxy) is 1. The van der Waals surface area contributed by atoms with E-state index in [9.17, 15) is 4.79 Å². The lowest BCUT2D eigenvalue weighted by Gasteiger charge is -2.36. The average molecular weight is 544 g/mol. The number of aromatic nitrogens is 6.